The maximum atomic E-state index is 12.7. The van der Waals surface area contributed by atoms with Crippen molar-refractivity contribution in [2.75, 3.05) is 36.4 Å². The van der Waals surface area contributed by atoms with E-state index in [2.05, 4.69) is 53.2 Å². The molecule has 1 aliphatic rings. The Kier molecular flexibility index (Phi) is 6.59. The number of carbonyl (C=O) groups is 2. The molecule has 1 aromatic heterocycles. The van der Waals surface area contributed by atoms with Crippen molar-refractivity contribution in [3.05, 3.63) is 45.8 Å². The smallest absolute Gasteiger partial charge is 0.251 e. The van der Waals surface area contributed by atoms with Gasteiger partial charge in [0.15, 0.2) is 0 Å². The zero-order valence-electron chi connectivity index (χ0n) is 17.6. The van der Waals surface area contributed by atoms with Crippen LogP contribution in [0.3, 0.4) is 0 Å². The van der Waals surface area contributed by atoms with Crippen molar-refractivity contribution >= 4 is 33.8 Å². The van der Waals surface area contributed by atoms with Crippen LogP contribution in [0.5, 0.6) is 0 Å². The molecule has 3 rings (SSSR count). The number of carbonyl (C=O) groups excluding carboxylic acids is 2. The molecule has 6 nitrogen and oxygen atoms in total. The molecule has 0 aliphatic carbocycles. The molecule has 0 bridgehead atoms. The van der Waals surface area contributed by atoms with Gasteiger partial charge in [0.25, 0.3) is 5.91 Å². The van der Waals surface area contributed by atoms with E-state index in [1.807, 2.05) is 13.8 Å². The summed E-state index contributed by atoms with van der Waals surface area (Å²) in [4.78, 5) is 30.1. The highest BCUT2D eigenvalue weighted by Gasteiger charge is 2.26. The Hall–Kier alpha value is -2.38. The van der Waals surface area contributed by atoms with E-state index < -0.39 is 5.91 Å². The molecule has 2 heterocycles. The van der Waals surface area contributed by atoms with E-state index in [0.29, 0.717) is 23.2 Å². The Morgan fingerprint density at radius 2 is 2.03 bits per heavy atom. The monoisotopic (exact) mass is 414 g/mol. The number of hydrogen-bond acceptors (Lipinski definition) is 5. The second kappa shape index (κ2) is 8.97. The van der Waals surface area contributed by atoms with Gasteiger partial charge in [-0.1, -0.05) is 19.1 Å². The van der Waals surface area contributed by atoms with Crippen LogP contribution in [0, 0.1) is 13.8 Å². The molecule has 2 amide bonds. The van der Waals surface area contributed by atoms with Crippen molar-refractivity contribution in [1.29, 1.82) is 0 Å². The van der Waals surface area contributed by atoms with Gasteiger partial charge in [-0.15, -0.1) is 11.3 Å². The van der Waals surface area contributed by atoms with E-state index in [4.69, 9.17) is 5.73 Å². The second-order valence-corrected chi connectivity index (χ2v) is 8.95. The van der Waals surface area contributed by atoms with Crippen LogP contribution in [-0.2, 0) is 11.2 Å². The van der Waals surface area contributed by atoms with Crippen molar-refractivity contribution in [2.24, 2.45) is 5.73 Å². The van der Waals surface area contributed by atoms with Gasteiger partial charge in [0.1, 0.15) is 5.00 Å². The van der Waals surface area contributed by atoms with Gasteiger partial charge in [-0.05, 0) is 50.5 Å². The third-order valence-corrected chi connectivity index (χ3v) is 6.54. The lowest BCUT2D eigenvalue weighted by Crippen LogP contribution is -2.53. The molecule has 3 N–H and O–H groups in total. The van der Waals surface area contributed by atoms with Crippen molar-refractivity contribution in [2.45, 2.75) is 40.2 Å². The first-order valence-corrected chi connectivity index (χ1v) is 10.9. The van der Waals surface area contributed by atoms with Crippen LogP contribution in [0.4, 0.5) is 10.7 Å². The Bertz CT molecular complexity index is 908. The van der Waals surface area contributed by atoms with Gasteiger partial charge in [0.2, 0.25) is 5.91 Å². The second-order valence-electron chi connectivity index (χ2n) is 7.72. The lowest BCUT2D eigenvalue weighted by Gasteiger charge is -2.41. The van der Waals surface area contributed by atoms with Crippen LogP contribution in [0.2, 0.25) is 0 Å². The summed E-state index contributed by atoms with van der Waals surface area (Å²) >= 11 is 1.42. The lowest BCUT2D eigenvalue weighted by atomic mass is 10.1. The third-order valence-electron chi connectivity index (χ3n) is 5.47. The average Bonchev–Trinajstić information content (AvgIpc) is 2.96. The Balaban J connectivity index is 1.62. The number of nitrogens with two attached hydrogens (primary N) is 1. The zero-order valence-corrected chi connectivity index (χ0v) is 18.4. The van der Waals surface area contributed by atoms with Gasteiger partial charge in [0.05, 0.1) is 12.1 Å². The van der Waals surface area contributed by atoms with E-state index in [0.717, 1.165) is 36.5 Å². The maximum absolute atomic E-state index is 12.7. The molecule has 7 heteroatoms. The number of primary amides is 1. The standard InChI is InChI=1S/C22H30N4O2S/c1-5-18-16(4)29-22(20(18)21(23)28)24-19(27)13-25-9-10-26(15(3)12-25)17-8-6-7-14(2)11-17/h6-8,11,15H,5,9-10,12-13H2,1-4H3,(H2,23,28)(H,24,27). The molecule has 0 radical (unpaired) electrons. The minimum absolute atomic E-state index is 0.104. The SMILES string of the molecule is CCc1c(C)sc(NC(=O)CN2CCN(c3cccc(C)c3)C(C)C2)c1C(N)=O. The Labute approximate surface area is 176 Å². The minimum atomic E-state index is -0.484. The van der Waals surface area contributed by atoms with Gasteiger partial charge in [-0.3, -0.25) is 14.5 Å². The molecule has 29 heavy (non-hydrogen) atoms. The van der Waals surface area contributed by atoms with Gasteiger partial charge in [0, 0.05) is 36.2 Å². The predicted molar refractivity (Wildman–Crippen MR) is 120 cm³/mol. The number of nitrogens with zero attached hydrogens (tertiary/aromatic N) is 2. The summed E-state index contributed by atoms with van der Waals surface area (Å²) in [6.45, 7) is 11.1. The number of rotatable bonds is 6. The summed E-state index contributed by atoms with van der Waals surface area (Å²) in [5.74, 6) is -0.588. The van der Waals surface area contributed by atoms with Crippen LogP contribution < -0.4 is 16.0 Å². The van der Waals surface area contributed by atoms with Crippen LogP contribution >= 0.6 is 11.3 Å². The highest BCUT2D eigenvalue weighted by atomic mass is 32.1. The number of hydrogen-bond donors (Lipinski definition) is 2. The molecule has 1 saturated heterocycles. The summed E-state index contributed by atoms with van der Waals surface area (Å²) < 4.78 is 0. The number of benzene rings is 1. The highest BCUT2D eigenvalue weighted by molar-refractivity contribution is 7.16. The van der Waals surface area contributed by atoms with E-state index in [1.165, 1.54) is 22.6 Å². The van der Waals surface area contributed by atoms with Crippen LogP contribution in [0.25, 0.3) is 0 Å². The normalized spacial score (nSPS) is 17.4. The topological polar surface area (TPSA) is 78.7 Å². The van der Waals surface area contributed by atoms with Gasteiger partial charge >= 0.3 is 0 Å². The predicted octanol–water partition coefficient (Wildman–Crippen LogP) is 3.18. The molecular weight excluding hydrogens is 384 g/mol. The van der Waals surface area contributed by atoms with Gasteiger partial charge in [-0.25, -0.2) is 0 Å². The molecule has 0 spiro atoms. The number of anilines is 2. The molecule has 1 fully saturated rings. The maximum Gasteiger partial charge on any atom is 0.251 e. The van der Waals surface area contributed by atoms with E-state index >= 15 is 0 Å². The molecule has 0 saturated carbocycles. The van der Waals surface area contributed by atoms with Crippen LogP contribution in [0.15, 0.2) is 24.3 Å². The number of amides is 2. The summed E-state index contributed by atoms with van der Waals surface area (Å²) in [7, 11) is 0. The molecule has 1 atom stereocenters. The lowest BCUT2D eigenvalue weighted by molar-refractivity contribution is -0.117. The number of thiophene rings is 1. The van der Waals surface area contributed by atoms with Crippen molar-refractivity contribution in [1.82, 2.24) is 4.90 Å². The Morgan fingerprint density at radius 1 is 1.28 bits per heavy atom. The number of piperazine rings is 1. The molecule has 156 valence electrons. The third kappa shape index (κ3) is 4.79. The zero-order chi connectivity index (χ0) is 21.1. The fourth-order valence-electron chi connectivity index (χ4n) is 4.09. The molecular formula is C22H30N4O2S. The molecule has 1 aliphatic heterocycles. The quantitative estimate of drug-likeness (QED) is 0.761. The summed E-state index contributed by atoms with van der Waals surface area (Å²) in [5.41, 5.74) is 9.43. The largest absolute Gasteiger partial charge is 0.366 e. The number of aryl methyl sites for hydroxylation is 2. The molecule has 2 aromatic rings. The van der Waals surface area contributed by atoms with Crippen molar-refractivity contribution in [3.63, 3.8) is 0 Å². The summed E-state index contributed by atoms with van der Waals surface area (Å²) in [6, 6.07) is 8.85. The fraction of sp³-hybridized carbons (Fsp3) is 0.455. The minimum Gasteiger partial charge on any atom is -0.366 e. The van der Waals surface area contributed by atoms with E-state index in [9.17, 15) is 9.59 Å². The van der Waals surface area contributed by atoms with Gasteiger partial charge < -0.3 is 16.0 Å². The van der Waals surface area contributed by atoms with Gasteiger partial charge in [-0.2, -0.15) is 0 Å². The highest BCUT2D eigenvalue weighted by Crippen LogP contribution is 2.33. The fourth-order valence-corrected chi connectivity index (χ4v) is 5.26. The summed E-state index contributed by atoms with van der Waals surface area (Å²) in [5, 5.41) is 3.50. The molecule has 1 aromatic carbocycles. The first-order valence-electron chi connectivity index (χ1n) is 10.1. The number of nitrogens with one attached hydrogen (secondary N) is 1. The van der Waals surface area contributed by atoms with E-state index in [1.54, 1.807) is 0 Å². The van der Waals surface area contributed by atoms with E-state index in [-0.39, 0.29) is 5.91 Å². The van der Waals surface area contributed by atoms with Crippen molar-refractivity contribution < 1.29 is 9.59 Å². The first-order chi connectivity index (χ1) is 13.8. The van der Waals surface area contributed by atoms with Crippen LogP contribution in [0.1, 0.15) is 40.2 Å². The summed E-state index contributed by atoms with van der Waals surface area (Å²) in [6.07, 6.45) is 0.717. The van der Waals surface area contributed by atoms with Crippen molar-refractivity contribution in [3.8, 4) is 0 Å². The average molecular weight is 415 g/mol. The first kappa shape index (κ1) is 21.3. The Morgan fingerprint density at radius 3 is 2.66 bits per heavy atom. The van der Waals surface area contributed by atoms with Crippen LogP contribution in [-0.4, -0.2) is 48.9 Å². The molecule has 1 unspecified atom stereocenters.